The Morgan fingerprint density at radius 1 is 1.13 bits per heavy atom. The number of carboxylic acid groups (broad SMARTS) is 1. The lowest BCUT2D eigenvalue weighted by Gasteiger charge is -2.34. The van der Waals surface area contributed by atoms with Crippen molar-refractivity contribution in [3.63, 3.8) is 0 Å². The van der Waals surface area contributed by atoms with E-state index in [1.807, 2.05) is 19.1 Å². The quantitative estimate of drug-likeness (QED) is 0.941. The smallest absolute Gasteiger partial charge is 0.335 e. The monoisotopic (exact) mass is 315 g/mol. The van der Waals surface area contributed by atoms with Crippen molar-refractivity contribution in [2.24, 2.45) is 0 Å². The Hall–Kier alpha value is -2.60. The van der Waals surface area contributed by atoms with Crippen LogP contribution in [-0.2, 0) is 4.74 Å². The molecule has 1 aromatic carbocycles. The summed E-state index contributed by atoms with van der Waals surface area (Å²) >= 11 is 0. The van der Waals surface area contributed by atoms with Crippen molar-refractivity contribution in [1.29, 1.82) is 0 Å². The summed E-state index contributed by atoms with van der Waals surface area (Å²) < 4.78 is 11.1. The number of ether oxygens (including phenoxy) is 1. The molecule has 23 heavy (non-hydrogen) atoms. The van der Waals surface area contributed by atoms with Crippen molar-refractivity contribution in [2.75, 3.05) is 19.8 Å². The standard InChI is InChI=1S/C17H17NO5/c1-11-2-7-15(23-11)14-10-22-9-8-18(14)16(19)12-3-5-13(6-4-12)17(20)21/h2-7,14H,8-10H2,1H3,(H,20,21)/t14-/m1/s1. The summed E-state index contributed by atoms with van der Waals surface area (Å²) in [5, 5.41) is 8.93. The van der Waals surface area contributed by atoms with Crippen molar-refractivity contribution in [3.8, 4) is 0 Å². The normalized spacial score (nSPS) is 18.0. The lowest BCUT2D eigenvalue weighted by Crippen LogP contribution is -2.43. The number of carboxylic acids is 1. The molecule has 0 unspecified atom stereocenters. The van der Waals surface area contributed by atoms with Gasteiger partial charge in [0.15, 0.2) is 0 Å². The molecular weight excluding hydrogens is 298 g/mol. The van der Waals surface area contributed by atoms with Crippen LogP contribution in [0, 0.1) is 6.92 Å². The average molecular weight is 315 g/mol. The maximum absolute atomic E-state index is 12.8. The van der Waals surface area contributed by atoms with Crippen LogP contribution in [0.15, 0.2) is 40.8 Å². The number of rotatable bonds is 3. The second kappa shape index (κ2) is 6.26. The largest absolute Gasteiger partial charge is 0.478 e. The second-order valence-corrected chi connectivity index (χ2v) is 5.42. The fourth-order valence-electron chi connectivity index (χ4n) is 2.64. The van der Waals surface area contributed by atoms with Gasteiger partial charge in [0.1, 0.15) is 17.6 Å². The molecule has 0 bridgehead atoms. The van der Waals surface area contributed by atoms with Gasteiger partial charge in [-0.05, 0) is 43.3 Å². The van der Waals surface area contributed by atoms with Gasteiger partial charge in [-0.2, -0.15) is 0 Å². The predicted molar refractivity (Wildman–Crippen MR) is 81.4 cm³/mol. The maximum Gasteiger partial charge on any atom is 0.335 e. The zero-order valence-electron chi connectivity index (χ0n) is 12.7. The highest BCUT2D eigenvalue weighted by Gasteiger charge is 2.31. The third-order valence-electron chi connectivity index (χ3n) is 3.86. The summed E-state index contributed by atoms with van der Waals surface area (Å²) in [4.78, 5) is 25.4. The maximum atomic E-state index is 12.8. The van der Waals surface area contributed by atoms with Gasteiger partial charge in [0.05, 0.1) is 18.8 Å². The first-order chi connectivity index (χ1) is 11.1. The van der Waals surface area contributed by atoms with Gasteiger partial charge < -0.3 is 19.2 Å². The van der Waals surface area contributed by atoms with Crippen LogP contribution >= 0.6 is 0 Å². The zero-order valence-corrected chi connectivity index (χ0v) is 12.7. The molecule has 1 N–H and O–H groups in total. The molecule has 6 nitrogen and oxygen atoms in total. The molecule has 1 amide bonds. The molecule has 1 atom stereocenters. The van der Waals surface area contributed by atoms with Gasteiger partial charge in [0.2, 0.25) is 0 Å². The minimum atomic E-state index is -1.01. The van der Waals surface area contributed by atoms with E-state index in [1.54, 1.807) is 4.90 Å². The summed E-state index contributed by atoms with van der Waals surface area (Å²) in [6.45, 7) is 3.16. The number of carbonyl (C=O) groups excluding carboxylic acids is 1. The molecule has 1 fully saturated rings. The number of aryl methyl sites for hydroxylation is 1. The van der Waals surface area contributed by atoms with E-state index >= 15 is 0 Å². The zero-order chi connectivity index (χ0) is 16.4. The summed E-state index contributed by atoms with van der Waals surface area (Å²) in [5.74, 6) is 0.296. The fourth-order valence-corrected chi connectivity index (χ4v) is 2.64. The number of aromatic carboxylic acids is 1. The molecule has 0 radical (unpaired) electrons. The molecule has 0 saturated carbocycles. The van der Waals surface area contributed by atoms with E-state index < -0.39 is 5.97 Å². The number of carbonyl (C=O) groups is 2. The van der Waals surface area contributed by atoms with Crippen molar-refractivity contribution < 1.29 is 23.8 Å². The Morgan fingerprint density at radius 2 is 1.83 bits per heavy atom. The van der Waals surface area contributed by atoms with Crippen molar-refractivity contribution in [1.82, 2.24) is 4.90 Å². The molecule has 1 aromatic heterocycles. The van der Waals surface area contributed by atoms with Crippen LogP contribution in [0.25, 0.3) is 0 Å². The number of hydrogen-bond acceptors (Lipinski definition) is 4. The van der Waals surface area contributed by atoms with Gasteiger partial charge in [-0.1, -0.05) is 0 Å². The van der Waals surface area contributed by atoms with Crippen LogP contribution in [0.5, 0.6) is 0 Å². The van der Waals surface area contributed by atoms with Gasteiger partial charge in [-0.3, -0.25) is 4.79 Å². The molecule has 2 heterocycles. The highest BCUT2D eigenvalue weighted by Crippen LogP contribution is 2.27. The van der Waals surface area contributed by atoms with Crippen LogP contribution in [0.2, 0.25) is 0 Å². The van der Waals surface area contributed by atoms with Crippen LogP contribution in [-0.4, -0.2) is 41.6 Å². The van der Waals surface area contributed by atoms with Gasteiger partial charge in [0.25, 0.3) is 5.91 Å². The molecule has 120 valence electrons. The third-order valence-corrected chi connectivity index (χ3v) is 3.86. The third kappa shape index (κ3) is 3.12. The first-order valence-corrected chi connectivity index (χ1v) is 7.34. The van der Waals surface area contributed by atoms with E-state index in [2.05, 4.69) is 0 Å². The second-order valence-electron chi connectivity index (χ2n) is 5.42. The molecule has 2 aromatic rings. The first-order valence-electron chi connectivity index (χ1n) is 7.34. The molecule has 1 aliphatic heterocycles. The minimum absolute atomic E-state index is 0.154. The van der Waals surface area contributed by atoms with Crippen LogP contribution in [0.3, 0.4) is 0 Å². The van der Waals surface area contributed by atoms with Gasteiger partial charge in [0, 0.05) is 12.1 Å². The Labute approximate surface area is 133 Å². The molecule has 3 rings (SSSR count). The SMILES string of the molecule is Cc1ccc([C@H]2COCCN2C(=O)c2ccc(C(=O)O)cc2)o1. The Morgan fingerprint density at radius 3 is 2.43 bits per heavy atom. The number of furan rings is 1. The fraction of sp³-hybridized carbons (Fsp3) is 0.294. The lowest BCUT2D eigenvalue weighted by atomic mass is 10.1. The first kappa shape index (κ1) is 15.3. The van der Waals surface area contributed by atoms with Crippen molar-refractivity contribution >= 4 is 11.9 Å². The number of amides is 1. The van der Waals surface area contributed by atoms with Crippen LogP contribution in [0.1, 0.15) is 38.3 Å². The minimum Gasteiger partial charge on any atom is -0.478 e. The van der Waals surface area contributed by atoms with E-state index in [4.69, 9.17) is 14.3 Å². The highest BCUT2D eigenvalue weighted by molar-refractivity contribution is 5.96. The van der Waals surface area contributed by atoms with E-state index in [1.165, 1.54) is 24.3 Å². The highest BCUT2D eigenvalue weighted by atomic mass is 16.5. The number of morpholine rings is 1. The number of benzene rings is 1. The summed E-state index contributed by atoms with van der Waals surface area (Å²) in [5.41, 5.74) is 0.604. The van der Waals surface area contributed by atoms with Gasteiger partial charge >= 0.3 is 5.97 Å². The molecular formula is C17H17NO5. The summed E-state index contributed by atoms with van der Waals surface area (Å²) in [7, 11) is 0. The Balaban J connectivity index is 1.85. The van der Waals surface area contributed by atoms with E-state index in [0.29, 0.717) is 31.1 Å². The topological polar surface area (TPSA) is 80.0 Å². The summed E-state index contributed by atoms with van der Waals surface area (Å²) in [6.07, 6.45) is 0. The predicted octanol–water partition coefficient (Wildman–Crippen LogP) is 2.50. The number of hydrogen-bond donors (Lipinski definition) is 1. The van der Waals surface area contributed by atoms with E-state index in [9.17, 15) is 9.59 Å². The average Bonchev–Trinajstić information content (AvgIpc) is 3.00. The lowest BCUT2D eigenvalue weighted by molar-refractivity contribution is -0.00895. The van der Waals surface area contributed by atoms with Crippen LogP contribution in [0.4, 0.5) is 0 Å². The number of nitrogens with zero attached hydrogens (tertiary/aromatic N) is 1. The molecule has 0 aliphatic carbocycles. The van der Waals surface area contributed by atoms with Gasteiger partial charge in [-0.15, -0.1) is 0 Å². The molecule has 0 spiro atoms. The van der Waals surface area contributed by atoms with E-state index in [-0.39, 0.29) is 17.5 Å². The van der Waals surface area contributed by atoms with Crippen molar-refractivity contribution in [3.05, 3.63) is 59.0 Å². The van der Waals surface area contributed by atoms with Crippen LogP contribution < -0.4 is 0 Å². The van der Waals surface area contributed by atoms with E-state index in [0.717, 1.165) is 5.76 Å². The summed E-state index contributed by atoms with van der Waals surface area (Å²) in [6, 6.07) is 9.36. The molecule has 1 aliphatic rings. The molecule has 6 heteroatoms. The van der Waals surface area contributed by atoms with Crippen molar-refractivity contribution in [2.45, 2.75) is 13.0 Å². The Bertz CT molecular complexity index is 719. The molecule has 1 saturated heterocycles. The van der Waals surface area contributed by atoms with Gasteiger partial charge in [-0.25, -0.2) is 4.79 Å². The Kier molecular flexibility index (Phi) is 4.16.